The zero-order valence-corrected chi connectivity index (χ0v) is 10.3. The maximum atomic E-state index is 5.23. The summed E-state index contributed by atoms with van der Waals surface area (Å²) in [6, 6.07) is 0. The molecule has 0 radical (unpaired) electrons. The summed E-state index contributed by atoms with van der Waals surface area (Å²) in [5.41, 5.74) is 0.152. The molecule has 0 unspecified atom stereocenters. The molecule has 1 fully saturated rings. The lowest BCUT2D eigenvalue weighted by molar-refractivity contribution is 0.0711. The van der Waals surface area contributed by atoms with E-state index >= 15 is 0 Å². The van der Waals surface area contributed by atoms with Crippen LogP contribution in [0.1, 0.15) is 32.5 Å². The summed E-state index contributed by atoms with van der Waals surface area (Å²) in [5.74, 6) is 1.52. The second kappa shape index (κ2) is 4.51. The Balaban J connectivity index is 2.02. The number of nitrogens with zero attached hydrogens (tertiary/aromatic N) is 3. The van der Waals surface area contributed by atoms with Gasteiger partial charge in [-0.25, -0.2) is 0 Å². The molecule has 1 aromatic rings. The van der Waals surface area contributed by atoms with E-state index in [0.29, 0.717) is 0 Å². The second-order valence-electron chi connectivity index (χ2n) is 4.87. The first-order valence-electron chi connectivity index (χ1n) is 5.89. The Bertz CT molecular complexity index is 348. The average molecular weight is 224 g/mol. The molecule has 0 atom stereocenters. The van der Waals surface area contributed by atoms with Gasteiger partial charge in [-0.15, -0.1) is 0 Å². The number of aryl methyl sites for hydroxylation is 1. The van der Waals surface area contributed by atoms with Gasteiger partial charge in [-0.05, 0) is 13.8 Å². The summed E-state index contributed by atoms with van der Waals surface area (Å²) in [6.45, 7) is 10.3. The summed E-state index contributed by atoms with van der Waals surface area (Å²) < 4.78 is 5.23. The van der Waals surface area contributed by atoms with E-state index in [9.17, 15) is 0 Å². The average Bonchev–Trinajstić information content (AvgIpc) is 2.69. The first kappa shape index (κ1) is 11.5. The molecule has 1 N–H and O–H groups in total. The van der Waals surface area contributed by atoms with Gasteiger partial charge < -0.3 is 9.84 Å². The van der Waals surface area contributed by atoms with Gasteiger partial charge in [0, 0.05) is 31.6 Å². The molecule has 2 rings (SSSR count). The van der Waals surface area contributed by atoms with Crippen molar-refractivity contribution in [3.8, 4) is 0 Å². The number of nitrogens with one attached hydrogen (secondary N) is 1. The van der Waals surface area contributed by atoms with Gasteiger partial charge in [-0.1, -0.05) is 12.1 Å². The number of hydrogen-bond acceptors (Lipinski definition) is 5. The van der Waals surface area contributed by atoms with Crippen LogP contribution in [0, 0.1) is 0 Å². The molecule has 1 aliphatic heterocycles. The largest absolute Gasteiger partial charge is 0.338 e. The Morgan fingerprint density at radius 1 is 1.50 bits per heavy atom. The van der Waals surface area contributed by atoms with Crippen molar-refractivity contribution in [1.82, 2.24) is 20.4 Å². The Kier molecular flexibility index (Phi) is 3.25. The number of hydrogen-bond donors (Lipinski definition) is 1. The Morgan fingerprint density at radius 2 is 2.31 bits per heavy atom. The van der Waals surface area contributed by atoms with Crippen LogP contribution in [0.15, 0.2) is 4.52 Å². The molecule has 1 aromatic heterocycles. The highest BCUT2D eigenvalue weighted by Crippen LogP contribution is 2.18. The summed E-state index contributed by atoms with van der Waals surface area (Å²) in [7, 11) is 0. The molecular weight excluding hydrogens is 204 g/mol. The zero-order valence-electron chi connectivity index (χ0n) is 10.3. The van der Waals surface area contributed by atoms with Gasteiger partial charge in [0.15, 0.2) is 5.82 Å². The number of rotatable bonds is 3. The van der Waals surface area contributed by atoms with Crippen molar-refractivity contribution in [3.05, 3.63) is 11.7 Å². The minimum absolute atomic E-state index is 0.152. The fourth-order valence-corrected chi connectivity index (χ4v) is 1.98. The third kappa shape index (κ3) is 2.41. The Labute approximate surface area is 96.2 Å². The fourth-order valence-electron chi connectivity index (χ4n) is 1.98. The van der Waals surface area contributed by atoms with E-state index in [1.54, 1.807) is 0 Å². The van der Waals surface area contributed by atoms with Gasteiger partial charge in [-0.2, -0.15) is 4.98 Å². The quantitative estimate of drug-likeness (QED) is 0.823. The Hall–Kier alpha value is -0.940. The van der Waals surface area contributed by atoms with Crippen LogP contribution >= 0.6 is 0 Å². The van der Waals surface area contributed by atoms with Crippen molar-refractivity contribution in [2.75, 3.05) is 19.6 Å². The fraction of sp³-hybridized carbons (Fsp3) is 0.818. The molecule has 90 valence electrons. The first-order chi connectivity index (χ1) is 7.62. The van der Waals surface area contributed by atoms with Crippen molar-refractivity contribution in [3.63, 3.8) is 0 Å². The van der Waals surface area contributed by atoms with Gasteiger partial charge in [0.05, 0.1) is 6.54 Å². The predicted molar refractivity (Wildman–Crippen MR) is 61.0 cm³/mol. The molecule has 16 heavy (non-hydrogen) atoms. The van der Waals surface area contributed by atoms with Crippen LogP contribution in [-0.2, 0) is 13.0 Å². The molecule has 0 aromatic carbocycles. The SMILES string of the molecule is CCc1noc(CN2CCNCC2(C)C)n1. The number of piperazine rings is 1. The van der Waals surface area contributed by atoms with Crippen LogP contribution in [-0.4, -0.2) is 40.2 Å². The predicted octanol–water partition coefficient (Wildman–Crippen LogP) is 0.816. The summed E-state index contributed by atoms with van der Waals surface area (Å²) in [4.78, 5) is 6.73. The van der Waals surface area contributed by atoms with E-state index in [4.69, 9.17) is 4.52 Å². The molecule has 0 amide bonds. The third-order valence-electron chi connectivity index (χ3n) is 3.12. The summed E-state index contributed by atoms with van der Waals surface area (Å²) >= 11 is 0. The van der Waals surface area contributed by atoms with Crippen LogP contribution in [0.3, 0.4) is 0 Å². The van der Waals surface area contributed by atoms with E-state index in [-0.39, 0.29) is 5.54 Å². The molecule has 5 heteroatoms. The van der Waals surface area contributed by atoms with Crippen LogP contribution in [0.5, 0.6) is 0 Å². The smallest absolute Gasteiger partial charge is 0.240 e. The molecule has 0 bridgehead atoms. The van der Waals surface area contributed by atoms with Crippen molar-refractivity contribution in [1.29, 1.82) is 0 Å². The lowest BCUT2D eigenvalue weighted by Crippen LogP contribution is -2.57. The third-order valence-corrected chi connectivity index (χ3v) is 3.12. The van der Waals surface area contributed by atoms with Crippen LogP contribution in [0.4, 0.5) is 0 Å². The lowest BCUT2D eigenvalue weighted by atomic mass is 10.0. The maximum Gasteiger partial charge on any atom is 0.240 e. The molecule has 1 aliphatic rings. The molecule has 5 nitrogen and oxygen atoms in total. The molecule has 0 aliphatic carbocycles. The summed E-state index contributed by atoms with van der Waals surface area (Å²) in [6.07, 6.45) is 0.828. The van der Waals surface area contributed by atoms with Gasteiger partial charge in [0.1, 0.15) is 0 Å². The molecule has 0 spiro atoms. The van der Waals surface area contributed by atoms with Crippen molar-refractivity contribution in [2.24, 2.45) is 0 Å². The van der Waals surface area contributed by atoms with E-state index in [1.165, 1.54) is 0 Å². The molecule has 0 saturated carbocycles. The zero-order chi connectivity index (χ0) is 11.6. The highest BCUT2D eigenvalue weighted by molar-refractivity contribution is 4.92. The van der Waals surface area contributed by atoms with Crippen LogP contribution < -0.4 is 5.32 Å². The highest BCUT2D eigenvalue weighted by Gasteiger charge is 2.30. The van der Waals surface area contributed by atoms with E-state index in [2.05, 4.69) is 34.2 Å². The van der Waals surface area contributed by atoms with Crippen molar-refractivity contribution < 1.29 is 4.52 Å². The topological polar surface area (TPSA) is 54.2 Å². The number of aromatic nitrogens is 2. The van der Waals surface area contributed by atoms with Gasteiger partial charge in [0.2, 0.25) is 5.89 Å². The molecular formula is C11H20N4O. The first-order valence-corrected chi connectivity index (χ1v) is 5.89. The van der Waals surface area contributed by atoms with Crippen molar-refractivity contribution in [2.45, 2.75) is 39.3 Å². The van der Waals surface area contributed by atoms with Crippen molar-refractivity contribution >= 4 is 0 Å². The van der Waals surface area contributed by atoms with Gasteiger partial charge in [0.25, 0.3) is 0 Å². The van der Waals surface area contributed by atoms with E-state index < -0.39 is 0 Å². The standard InChI is InChI=1S/C11H20N4O/c1-4-9-13-10(16-14-9)7-15-6-5-12-8-11(15,2)3/h12H,4-8H2,1-3H3. The van der Waals surface area contributed by atoms with Crippen LogP contribution in [0.25, 0.3) is 0 Å². The molecule has 2 heterocycles. The monoisotopic (exact) mass is 224 g/mol. The second-order valence-corrected chi connectivity index (χ2v) is 4.87. The van der Waals surface area contributed by atoms with E-state index in [0.717, 1.165) is 44.3 Å². The van der Waals surface area contributed by atoms with Gasteiger partial charge >= 0.3 is 0 Å². The molecule has 1 saturated heterocycles. The summed E-state index contributed by atoms with van der Waals surface area (Å²) in [5, 5.41) is 7.32. The highest BCUT2D eigenvalue weighted by atomic mass is 16.5. The lowest BCUT2D eigenvalue weighted by Gasteiger charge is -2.41. The van der Waals surface area contributed by atoms with Gasteiger partial charge in [-0.3, -0.25) is 4.90 Å². The Morgan fingerprint density at radius 3 is 2.94 bits per heavy atom. The minimum atomic E-state index is 0.152. The van der Waals surface area contributed by atoms with Crippen LogP contribution in [0.2, 0.25) is 0 Å². The van der Waals surface area contributed by atoms with E-state index in [1.807, 2.05) is 6.92 Å². The maximum absolute atomic E-state index is 5.23. The minimum Gasteiger partial charge on any atom is -0.338 e. The normalized spacial score (nSPS) is 21.2.